The van der Waals surface area contributed by atoms with Gasteiger partial charge in [-0.1, -0.05) is 35.9 Å². The zero-order chi connectivity index (χ0) is 18.2. The van der Waals surface area contributed by atoms with Gasteiger partial charge in [0.05, 0.1) is 4.90 Å². The fourth-order valence-electron chi connectivity index (χ4n) is 3.47. The van der Waals surface area contributed by atoms with E-state index in [4.69, 9.17) is 0 Å². The summed E-state index contributed by atoms with van der Waals surface area (Å²) in [6, 6.07) is 11.9. The molecule has 3 rings (SSSR count). The number of rotatable bonds is 5. The molecule has 0 aliphatic rings. The van der Waals surface area contributed by atoms with E-state index in [9.17, 15) is 8.42 Å². The molecular formula is C20H24N2O2S. The second-order valence-electron chi connectivity index (χ2n) is 6.66. The lowest BCUT2D eigenvalue weighted by Crippen LogP contribution is -2.30. The third kappa shape index (κ3) is 3.34. The molecule has 0 saturated heterocycles. The van der Waals surface area contributed by atoms with E-state index < -0.39 is 10.0 Å². The van der Waals surface area contributed by atoms with Crippen LogP contribution in [0.25, 0.3) is 10.9 Å². The van der Waals surface area contributed by atoms with Crippen LogP contribution < -0.4 is 0 Å². The van der Waals surface area contributed by atoms with Crippen LogP contribution in [-0.4, -0.2) is 31.3 Å². The Bertz CT molecular complexity index is 996. The van der Waals surface area contributed by atoms with Crippen LogP contribution in [0.15, 0.2) is 47.5 Å². The highest BCUT2D eigenvalue weighted by Crippen LogP contribution is 2.25. The highest BCUT2D eigenvalue weighted by Gasteiger charge is 2.25. The van der Waals surface area contributed by atoms with Crippen molar-refractivity contribution < 1.29 is 8.42 Å². The number of nitrogens with zero attached hydrogens (tertiary/aromatic N) is 1. The van der Waals surface area contributed by atoms with Gasteiger partial charge in [0.1, 0.15) is 0 Å². The molecule has 1 heterocycles. The SMILES string of the molecule is Cc1cc(C)c(S(=O)(=O)N(C)CCc2c[nH]c3ccccc23)c(C)c1. The topological polar surface area (TPSA) is 53.2 Å². The van der Waals surface area contributed by atoms with Crippen LogP contribution >= 0.6 is 0 Å². The summed E-state index contributed by atoms with van der Waals surface area (Å²) in [5.74, 6) is 0. The Hall–Kier alpha value is -2.11. The number of aromatic nitrogens is 1. The number of para-hydroxylation sites is 1. The van der Waals surface area contributed by atoms with E-state index in [0.29, 0.717) is 17.9 Å². The highest BCUT2D eigenvalue weighted by atomic mass is 32.2. The molecule has 0 atom stereocenters. The molecule has 2 aromatic carbocycles. The number of fused-ring (bicyclic) bond motifs is 1. The highest BCUT2D eigenvalue weighted by molar-refractivity contribution is 7.89. The van der Waals surface area contributed by atoms with Crippen molar-refractivity contribution in [3.63, 3.8) is 0 Å². The summed E-state index contributed by atoms with van der Waals surface area (Å²) < 4.78 is 27.5. The molecule has 0 saturated carbocycles. The van der Waals surface area contributed by atoms with Crippen molar-refractivity contribution in [2.75, 3.05) is 13.6 Å². The Morgan fingerprint density at radius 2 is 1.68 bits per heavy atom. The van der Waals surface area contributed by atoms with E-state index in [1.54, 1.807) is 7.05 Å². The smallest absolute Gasteiger partial charge is 0.243 e. The standard InChI is InChI=1S/C20H24N2O2S/c1-14-11-15(2)20(16(3)12-14)25(23,24)22(4)10-9-17-13-21-19-8-6-5-7-18(17)19/h5-8,11-13,21H,9-10H2,1-4H3. The van der Waals surface area contributed by atoms with Crippen LogP contribution in [0, 0.1) is 20.8 Å². The second-order valence-corrected chi connectivity index (χ2v) is 8.65. The molecule has 0 bridgehead atoms. The van der Waals surface area contributed by atoms with Crippen LogP contribution in [0.5, 0.6) is 0 Å². The number of benzene rings is 2. The average molecular weight is 356 g/mol. The molecule has 0 amide bonds. The van der Waals surface area contributed by atoms with Gasteiger partial charge in [-0.25, -0.2) is 12.7 Å². The molecule has 25 heavy (non-hydrogen) atoms. The summed E-state index contributed by atoms with van der Waals surface area (Å²) in [4.78, 5) is 3.67. The molecule has 3 aromatic rings. The summed E-state index contributed by atoms with van der Waals surface area (Å²) in [6.07, 6.45) is 2.64. The van der Waals surface area contributed by atoms with Crippen LogP contribution in [0.3, 0.4) is 0 Å². The first-order valence-corrected chi connectivity index (χ1v) is 9.84. The van der Waals surface area contributed by atoms with Gasteiger partial charge in [-0.05, 0) is 49.9 Å². The average Bonchev–Trinajstić information content (AvgIpc) is 2.94. The Balaban J connectivity index is 1.84. The molecule has 1 aromatic heterocycles. The van der Waals surface area contributed by atoms with Crippen molar-refractivity contribution >= 4 is 20.9 Å². The number of hydrogen-bond donors (Lipinski definition) is 1. The molecule has 0 spiro atoms. The number of aromatic amines is 1. The predicted molar refractivity (Wildman–Crippen MR) is 102 cm³/mol. The van der Waals surface area contributed by atoms with Gasteiger partial charge >= 0.3 is 0 Å². The van der Waals surface area contributed by atoms with Gasteiger partial charge in [-0.2, -0.15) is 0 Å². The molecule has 0 unspecified atom stereocenters. The quantitative estimate of drug-likeness (QED) is 0.752. The van der Waals surface area contributed by atoms with Crippen LogP contribution in [0.1, 0.15) is 22.3 Å². The number of H-pyrrole nitrogens is 1. The maximum atomic E-state index is 13.0. The minimum absolute atomic E-state index is 0.430. The molecule has 0 radical (unpaired) electrons. The maximum absolute atomic E-state index is 13.0. The number of likely N-dealkylation sites (N-methyl/N-ethyl adjacent to an activating group) is 1. The molecule has 5 heteroatoms. The number of hydrogen-bond acceptors (Lipinski definition) is 2. The van der Waals surface area contributed by atoms with Crippen molar-refractivity contribution in [3.8, 4) is 0 Å². The Labute approximate surface area is 149 Å². The minimum atomic E-state index is -3.50. The van der Waals surface area contributed by atoms with Gasteiger partial charge in [0.25, 0.3) is 0 Å². The van der Waals surface area contributed by atoms with Crippen molar-refractivity contribution in [2.24, 2.45) is 0 Å². The fraction of sp³-hybridized carbons (Fsp3) is 0.300. The third-order valence-corrected chi connectivity index (χ3v) is 6.81. The molecule has 0 aliphatic carbocycles. The first kappa shape index (κ1) is 17.7. The number of aryl methyl sites for hydroxylation is 3. The largest absolute Gasteiger partial charge is 0.361 e. The van der Waals surface area contributed by atoms with Gasteiger partial charge in [-0.3, -0.25) is 0 Å². The lowest BCUT2D eigenvalue weighted by molar-refractivity contribution is 0.472. The van der Waals surface area contributed by atoms with Crippen molar-refractivity contribution in [2.45, 2.75) is 32.1 Å². The molecule has 1 N–H and O–H groups in total. The fourth-order valence-corrected chi connectivity index (χ4v) is 5.04. The van der Waals surface area contributed by atoms with Crippen LogP contribution in [0.4, 0.5) is 0 Å². The zero-order valence-corrected chi connectivity index (χ0v) is 15.9. The molecule has 132 valence electrons. The summed E-state index contributed by atoms with van der Waals surface area (Å²) in [5, 5.41) is 1.15. The third-order valence-electron chi connectivity index (χ3n) is 4.64. The summed E-state index contributed by atoms with van der Waals surface area (Å²) in [5.41, 5.74) is 4.89. The van der Waals surface area contributed by atoms with E-state index in [1.165, 1.54) is 4.31 Å². The zero-order valence-electron chi connectivity index (χ0n) is 15.1. The van der Waals surface area contributed by atoms with E-state index >= 15 is 0 Å². The van der Waals surface area contributed by atoms with Crippen molar-refractivity contribution in [1.82, 2.24) is 9.29 Å². The van der Waals surface area contributed by atoms with E-state index in [-0.39, 0.29) is 0 Å². The number of sulfonamides is 1. The van der Waals surface area contributed by atoms with Gasteiger partial charge in [0, 0.05) is 30.7 Å². The lowest BCUT2D eigenvalue weighted by Gasteiger charge is -2.20. The first-order valence-electron chi connectivity index (χ1n) is 8.40. The van der Waals surface area contributed by atoms with Crippen molar-refractivity contribution in [3.05, 3.63) is 64.8 Å². The van der Waals surface area contributed by atoms with E-state index in [0.717, 1.165) is 33.2 Å². The van der Waals surface area contributed by atoms with Crippen LogP contribution in [-0.2, 0) is 16.4 Å². The molecule has 0 fully saturated rings. The van der Waals surface area contributed by atoms with Gasteiger partial charge < -0.3 is 4.98 Å². The lowest BCUT2D eigenvalue weighted by atomic mass is 10.1. The normalized spacial score (nSPS) is 12.2. The van der Waals surface area contributed by atoms with Crippen LogP contribution in [0.2, 0.25) is 0 Å². The summed E-state index contributed by atoms with van der Waals surface area (Å²) in [6.45, 7) is 6.15. The van der Waals surface area contributed by atoms with Gasteiger partial charge in [0.15, 0.2) is 0 Å². The maximum Gasteiger partial charge on any atom is 0.243 e. The number of nitrogens with one attached hydrogen (secondary N) is 1. The summed E-state index contributed by atoms with van der Waals surface area (Å²) in [7, 11) is -1.84. The monoisotopic (exact) mass is 356 g/mol. The first-order chi connectivity index (χ1) is 11.8. The Kier molecular flexibility index (Phi) is 4.71. The van der Waals surface area contributed by atoms with E-state index in [1.807, 2.05) is 57.3 Å². The van der Waals surface area contributed by atoms with Crippen molar-refractivity contribution in [1.29, 1.82) is 0 Å². The summed E-state index contributed by atoms with van der Waals surface area (Å²) >= 11 is 0. The minimum Gasteiger partial charge on any atom is -0.361 e. The van der Waals surface area contributed by atoms with E-state index in [2.05, 4.69) is 11.1 Å². The molecule has 0 aliphatic heterocycles. The Morgan fingerprint density at radius 1 is 1.04 bits per heavy atom. The second kappa shape index (κ2) is 6.65. The molecular weight excluding hydrogens is 332 g/mol. The Morgan fingerprint density at radius 3 is 2.36 bits per heavy atom. The van der Waals surface area contributed by atoms with Gasteiger partial charge in [0.2, 0.25) is 10.0 Å². The molecule has 4 nitrogen and oxygen atoms in total. The van der Waals surface area contributed by atoms with Gasteiger partial charge in [-0.15, -0.1) is 0 Å². The predicted octanol–water partition coefficient (Wildman–Crippen LogP) is 3.96.